The first-order valence-corrected chi connectivity index (χ1v) is 18.7. The maximum atomic E-state index is 13.9. The molecule has 2 aliphatic rings. The largest absolute Gasteiger partial charge is 0.489 e. The number of amides is 3. The molecule has 2 fully saturated rings. The highest BCUT2D eigenvalue weighted by molar-refractivity contribution is 5.92. The number of nitrogens with zero attached hydrogens (tertiary/aromatic N) is 2. The van der Waals surface area contributed by atoms with Gasteiger partial charge in [-0.3, -0.25) is 19.2 Å². The van der Waals surface area contributed by atoms with Crippen molar-refractivity contribution in [1.29, 1.82) is 0 Å². The molecule has 2 aromatic carbocycles. The van der Waals surface area contributed by atoms with Crippen molar-refractivity contribution in [3.05, 3.63) is 65.7 Å². The second-order valence-corrected chi connectivity index (χ2v) is 16.2. The van der Waals surface area contributed by atoms with Crippen LogP contribution in [0.3, 0.4) is 0 Å². The van der Waals surface area contributed by atoms with Gasteiger partial charge in [-0.1, -0.05) is 42.5 Å². The Balaban J connectivity index is 1.39. The molecule has 12 heteroatoms. The zero-order valence-electron chi connectivity index (χ0n) is 32.4. The molecular weight excluding hydrogens is 678 g/mol. The SMILES string of the molecule is CC(C)(C)OC(=O)CC(=O)O[C@](C)(NC(=O)[C@@H]1CCCN(C(=O)CCC2CCN(C(=O)OC(C)(C)C)CC2)C1)c1cccc(OCc2ccccc2)c1. The van der Waals surface area contributed by atoms with Gasteiger partial charge in [0.25, 0.3) is 0 Å². The van der Waals surface area contributed by atoms with E-state index >= 15 is 0 Å². The Labute approximate surface area is 313 Å². The van der Waals surface area contributed by atoms with E-state index in [2.05, 4.69) is 5.32 Å². The Morgan fingerprint density at radius 1 is 0.755 bits per heavy atom. The zero-order chi connectivity index (χ0) is 38.8. The van der Waals surface area contributed by atoms with Gasteiger partial charge in [-0.15, -0.1) is 0 Å². The van der Waals surface area contributed by atoms with Gasteiger partial charge >= 0.3 is 18.0 Å². The van der Waals surface area contributed by atoms with Gasteiger partial charge in [0, 0.05) is 38.2 Å². The fraction of sp³-hybridized carbons (Fsp3) is 0.585. The normalized spacial score (nSPS) is 18.0. The lowest BCUT2D eigenvalue weighted by Gasteiger charge is -2.36. The van der Waals surface area contributed by atoms with E-state index in [0.29, 0.717) is 69.2 Å². The summed E-state index contributed by atoms with van der Waals surface area (Å²) < 4.78 is 22.7. The maximum absolute atomic E-state index is 13.9. The number of nitrogens with one attached hydrogen (secondary N) is 1. The molecule has 0 bridgehead atoms. The molecule has 53 heavy (non-hydrogen) atoms. The Bertz CT molecular complexity index is 1570. The Kier molecular flexibility index (Phi) is 13.9. The number of likely N-dealkylation sites (tertiary alicyclic amines) is 2. The van der Waals surface area contributed by atoms with E-state index in [4.69, 9.17) is 18.9 Å². The first-order valence-electron chi connectivity index (χ1n) is 18.7. The number of hydrogen-bond donors (Lipinski definition) is 1. The second kappa shape index (κ2) is 17.9. The summed E-state index contributed by atoms with van der Waals surface area (Å²) in [7, 11) is 0. The molecule has 3 amide bonds. The predicted molar refractivity (Wildman–Crippen MR) is 198 cm³/mol. The van der Waals surface area contributed by atoms with Crippen molar-refractivity contribution in [1.82, 2.24) is 15.1 Å². The minimum Gasteiger partial charge on any atom is -0.489 e. The lowest BCUT2D eigenvalue weighted by molar-refractivity contribution is -0.172. The molecule has 2 aliphatic heterocycles. The lowest BCUT2D eigenvalue weighted by atomic mass is 9.91. The van der Waals surface area contributed by atoms with E-state index in [9.17, 15) is 24.0 Å². The second-order valence-electron chi connectivity index (χ2n) is 16.2. The molecule has 4 rings (SSSR count). The molecule has 2 aromatic rings. The third-order valence-electron chi connectivity index (χ3n) is 9.20. The molecule has 2 atom stereocenters. The number of hydrogen-bond acceptors (Lipinski definition) is 9. The summed E-state index contributed by atoms with van der Waals surface area (Å²) >= 11 is 0. The van der Waals surface area contributed by atoms with E-state index in [1.165, 1.54) is 0 Å². The lowest BCUT2D eigenvalue weighted by Crippen LogP contribution is -2.52. The quantitative estimate of drug-likeness (QED) is 0.112. The van der Waals surface area contributed by atoms with E-state index in [0.717, 1.165) is 18.4 Å². The van der Waals surface area contributed by atoms with Crippen LogP contribution < -0.4 is 10.1 Å². The Hall–Kier alpha value is -4.61. The number of esters is 2. The van der Waals surface area contributed by atoms with Crippen LogP contribution in [-0.2, 0) is 45.7 Å². The van der Waals surface area contributed by atoms with Crippen LogP contribution in [0.2, 0.25) is 0 Å². The zero-order valence-corrected chi connectivity index (χ0v) is 32.4. The van der Waals surface area contributed by atoms with Crippen molar-refractivity contribution in [3.8, 4) is 5.75 Å². The Morgan fingerprint density at radius 2 is 1.42 bits per heavy atom. The molecular formula is C41H57N3O9. The molecule has 0 aromatic heterocycles. The summed E-state index contributed by atoms with van der Waals surface area (Å²) in [6, 6.07) is 16.6. The van der Waals surface area contributed by atoms with Gasteiger partial charge in [0.2, 0.25) is 17.5 Å². The van der Waals surface area contributed by atoms with Crippen molar-refractivity contribution < 1.29 is 42.9 Å². The number of carbonyl (C=O) groups excluding carboxylic acids is 5. The smallest absolute Gasteiger partial charge is 0.410 e. The molecule has 12 nitrogen and oxygen atoms in total. The molecule has 0 saturated carbocycles. The summed E-state index contributed by atoms with van der Waals surface area (Å²) in [5.74, 6) is -1.70. The van der Waals surface area contributed by atoms with Crippen LogP contribution in [0.15, 0.2) is 54.6 Å². The van der Waals surface area contributed by atoms with Crippen LogP contribution in [-0.4, -0.2) is 77.0 Å². The van der Waals surface area contributed by atoms with Crippen LogP contribution in [0, 0.1) is 11.8 Å². The van der Waals surface area contributed by atoms with Crippen molar-refractivity contribution in [2.24, 2.45) is 11.8 Å². The highest BCUT2D eigenvalue weighted by Gasteiger charge is 2.38. The monoisotopic (exact) mass is 735 g/mol. The van der Waals surface area contributed by atoms with Crippen molar-refractivity contribution in [3.63, 3.8) is 0 Å². The number of ether oxygens (including phenoxy) is 4. The minimum absolute atomic E-state index is 0.00751. The summed E-state index contributed by atoms with van der Waals surface area (Å²) in [5.41, 5.74) is -1.59. The number of piperidine rings is 2. The van der Waals surface area contributed by atoms with Gasteiger partial charge in [0.1, 0.15) is 30.0 Å². The number of carbonyl (C=O) groups is 5. The summed E-state index contributed by atoms with van der Waals surface area (Å²) in [6.07, 6.45) is 2.95. The molecule has 0 aliphatic carbocycles. The highest BCUT2D eigenvalue weighted by atomic mass is 16.6. The third kappa shape index (κ3) is 13.4. The first-order chi connectivity index (χ1) is 24.9. The third-order valence-corrected chi connectivity index (χ3v) is 9.20. The molecule has 2 saturated heterocycles. The van der Waals surface area contributed by atoms with E-state index < -0.39 is 41.2 Å². The maximum Gasteiger partial charge on any atom is 0.410 e. The van der Waals surface area contributed by atoms with Crippen LogP contribution in [0.1, 0.15) is 105 Å². The molecule has 0 spiro atoms. The van der Waals surface area contributed by atoms with Gasteiger partial charge in [0.05, 0.1) is 5.92 Å². The average Bonchev–Trinajstić information content (AvgIpc) is 3.08. The average molecular weight is 736 g/mol. The van der Waals surface area contributed by atoms with Crippen LogP contribution in [0.5, 0.6) is 5.75 Å². The standard InChI is InChI=1S/C41H57N3O9/c1-39(2,3)51-35(46)26-36(47)52-41(7,32-16-11-17-33(25-32)50-28-30-13-9-8-10-14-30)42-37(48)31-15-12-22-44(27-31)34(45)19-18-29-20-23-43(24-21-29)38(49)53-40(4,5)6/h8-11,13-14,16-17,25,29,31H,12,15,18-24,26-28H2,1-7H3,(H,42,48)/t31-,41+/m1/s1. The summed E-state index contributed by atoms with van der Waals surface area (Å²) in [4.78, 5) is 68.8. The van der Waals surface area contributed by atoms with Gasteiger partial charge in [0.15, 0.2) is 0 Å². The fourth-order valence-electron chi connectivity index (χ4n) is 6.51. The number of benzene rings is 2. The topological polar surface area (TPSA) is 141 Å². The van der Waals surface area contributed by atoms with Crippen molar-refractivity contribution in [2.45, 2.75) is 117 Å². The van der Waals surface area contributed by atoms with Crippen molar-refractivity contribution in [2.75, 3.05) is 26.2 Å². The van der Waals surface area contributed by atoms with Crippen LogP contribution in [0.25, 0.3) is 0 Å². The van der Waals surface area contributed by atoms with E-state index in [1.54, 1.807) is 61.8 Å². The molecule has 290 valence electrons. The summed E-state index contributed by atoms with van der Waals surface area (Å²) in [5, 5.41) is 2.93. The number of rotatable bonds is 12. The van der Waals surface area contributed by atoms with Crippen LogP contribution in [0.4, 0.5) is 4.79 Å². The molecule has 0 unspecified atom stereocenters. The molecule has 0 radical (unpaired) electrons. The van der Waals surface area contributed by atoms with Gasteiger partial charge < -0.3 is 34.1 Å². The molecule has 2 heterocycles. The summed E-state index contributed by atoms with van der Waals surface area (Å²) in [6.45, 7) is 14.5. The van der Waals surface area contributed by atoms with Gasteiger partial charge in [-0.2, -0.15) is 0 Å². The van der Waals surface area contributed by atoms with E-state index in [-0.39, 0.29) is 24.5 Å². The first kappa shape index (κ1) is 41.2. The van der Waals surface area contributed by atoms with Crippen LogP contribution >= 0.6 is 0 Å². The highest BCUT2D eigenvalue weighted by Crippen LogP contribution is 2.30. The van der Waals surface area contributed by atoms with Gasteiger partial charge in [-0.25, -0.2) is 4.79 Å². The Morgan fingerprint density at radius 3 is 2.08 bits per heavy atom. The predicted octanol–water partition coefficient (Wildman–Crippen LogP) is 6.50. The fourth-order valence-corrected chi connectivity index (χ4v) is 6.51. The molecule has 1 N–H and O–H groups in total. The minimum atomic E-state index is -1.66. The van der Waals surface area contributed by atoms with Gasteiger partial charge in [-0.05, 0) is 104 Å². The van der Waals surface area contributed by atoms with Crippen molar-refractivity contribution >= 4 is 29.8 Å². The van der Waals surface area contributed by atoms with E-state index in [1.807, 2.05) is 51.1 Å².